The lowest BCUT2D eigenvalue weighted by atomic mass is 10.1. The summed E-state index contributed by atoms with van der Waals surface area (Å²) in [6.07, 6.45) is -4.35. The third-order valence-electron chi connectivity index (χ3n) is 4.08. The smallest absolute Gasteiger partial charge is 0.326 e. The van der Waals surface area contributed by atoms with Crippen molar-refractivity contribution in [3.8, 4) is 0 Å². The average Bonchev–Trinajstić information content (AvgIpc) is 2.98. The second kappa shape index (κ2) is 7.34. The average molecular weight is 401 g/mol. The van der Waals surface area contributed by atoms with Gasteiger partial charge in [0.25, 0.3) is 5.56 Å². The van der Waals surface area contributed by atoms with Crippen LogP contribution < -0.4 is 10.9 Å². The van der Waals surface area contributed by atoms with Gasteiger partial charge >= 0.3 is 6.18 Å². The molecule has 1 amide bonds. The predicted molar refractivity (Wildman–Crippen MR) is 92.3 cm³/mol. The Balaban J connectivity index is 1.75. The van der Waals surface area contributed by atoms with Crippen molar-refractivity contribution in [2.45, 2.75) is 37.1 Å². The molecule has 0 aliphatic carbocycles. The summed E-state index contributed by atoms with van der Waals surface area (Å²) < 4.78 is 53.0. The number of carbonyl (C=O) groups is 1. The Hall–Kier alpha value is -2.36. The van der Waals surface area contributed by atoms with E-state index in [1.807, 2.05) is 6.92 Å². The van der Waals surface area contributed by atoms with Crippen LogP contribution in [0.2, 0.25) is 0 Å². The number of hydrogen-bond acceptors (Lipinski definition) is 4. The fraction of sp³-hybridized carbons (Fsp3) is 0.353. The number of fused-ring (bicyclic) bond motifs is 1. The fourth-order valence-corrected chi connectivity index (χ4v) is 3.94. The molecule has 1 unspecified atom stereocenters. The van der Waals surface area contributed by atoms with Gasteiger partial charge in [0.1, 0.15) is 5.82 Å². The van der Waals surface area contributed by atoms with E-state index in [0.717, 1.165) is 6.07 Å². The molecule has 1 aromatic carbocycles. The third-order valence-corrected chi connectivity index (χ3v) is 5.18. The first kappa shape index (κ1) is 19.4. The Morgan fingerprint density at radius 2 is 2.11 bits per heavy atom. The highest BCUT2D eigenvalue weighted by atomic mass is 32.2. The lowest BCUT2D eigenvalue weighted by Gasteiger charge is -2.14. The van der Waals surface area contributed by atoms with Gasteiger partial charge in [-0.3, -0.25) is 14.2 Å². The molecule has 5 nitrogen and oxygen atoms in total. The minimum Gasteiger partial charge on any atom is -0.326 e. The molecule has 144 valence electrons. The number of halogens is 4. The standard InChI is InChI=1S/C17H15F4N3O2S/c1-2-9-6-15(26)24-11(8-27-16(24)23-9)7-14(25)22-10-3-4-13(18)12(5-10)17(19,20)21/h3-6,11H,2,7-8H2,1H3,(H,22,25). The van der Waals surface area contributed by atoms with E-state index < -0.39 is 29.5 Å². The number of nitrogens with one attached hydrogen (secondary N) is 1. The topological polar surface area (TPSA) is 64.0 Å². The van der Waals surface area contributed by atoms with Crippen molar-refractivity contribution >= 4 is 23.4 Å². The van der Waals surface area contributed by atoms with Gasteiger partial charge in [-0.1, -0.05) is 18.7 Å². The summed E-state index contributed by atoms with van der Waals surface area (Å²) >= 11 is 1.35. The van der Waals surface area contributed by atoms with E-state index in [1.165, 1.54) is 22.4 Å². The lowest BCUT2D eigenvalue weighted by Crippen LogP contribution is -2.27. The van der Waals surface area contributed by atoms with Crippen molar-refractivity contribution in [1.29, 1.82) is 0 Å². The van der Waals surface area contributed by atoms with Crippen LogP contribution in [0.5, 0.6) is 0 Å². The Morgan fingerprint density at radius 3 is 2.78 bits per heavy atom. The third kappa shape index (κ3) is 4.15. The van der Waals surface area contributed by atoms with Gasteiger partial charge in [-0.15, -0.1) is 0 Å². The zero-order valence-electron chi connectivity index (χ0n) is 14.1. The molecular formula is C17H15F4N3O2S. The van der Waals surface area contributed by atoms with Crippen molar-refractivity contribution in [2.24, 2.45) is 0 Å². The molecule has 0 fully saturated rings. The first-order chi connectivity index (χ1) is 12.7. The van der Waals surface area contributed by atoms with Crippen LogP contribution in [0.1, 0.15) is 30.6 Å². The highest BCUT2D eigenvalue weighted by molar-refractivity contribution is 7.99. The van der Waals surface area contributed by atoms with Crippen LogP contribution in [0.3, 0.4) is 0 Å². The molecule has 1 aliphatic heterocycles. The normalized spacial score (nSPS) is 16.3. The van der Waals surface area contributed by atoms with Crippen LogP contribution in [-0.2, 0) is 17.4 Å². The first-order valence-electron chi connectivity index (χ1n) is 8.11. The van der Waals surface area contributed by atoms with Crippen LogP contribution in [-0.4, -0.2) is 21.2 Å². The quantitative estimate of drug-likeness (QED) is 0.628. The maximum atomic E-state index is 13.3. The van der Waals surface area contributed by atoms with Crippen LogP contribution in [0, 0.1) is 5.82 Å². The number of alkyl halides is 3. The summed E-state index contributed by atoms with van der Waals surface area (Å²) in [6, 6.07) is 3.22. The van der Waals surface area contributed by atoms with Crippen molar-refractivity contribution in [3.63, 3.8) is 0 Å². The summed E-state index contributed by atoms with van der Waals surface area (Å²) in [5.41, 5.74) is -1.21. The molecule has 0 saturated carbocycles. The number of aromatic nitrogens is 2. The van der Waals surface area contributed by atoms with Gasteiger partial charge in [0.05, 0.1) is 11.6 Å². The van der Waals surface area contributed by atoms with E-state index in [-0.39, 0.29) is 17.7 Å². The molecule has 3 rings (SSSR count). The number of nitrogens with zero attached hydrogens (tertiary/aromatic N) is 2. The number of anilines is 1. The molecule has 0 radical (unpaired) electrons. The molecule has 0 bridgehead atoms. The largest absolute Gasteiger partial charge is 0.419 e. The minimum absolute atomic E-state index is 0.105. The summed E-state index contributed by atoms with van der Waals surface area (Å²) in [5.74, 6) is -1.52. The first-order valence-corrected chi connectivity index (χ1v) is 9.09. The number of carbonyl (C=O) groups excluding carboxylic acids is 1. The molecule has 0 saturated heterocycles. The molecular weight excluding hydrogens is 386 g/mol. The van der Waals surface area contributed by atoms with Gasteiger partial charge in [0, 0.05) is 29.6 Å². The Kier molecular flexibility index (Phi) is 5.27. The molecule has 27 heavy (non-hydrogen) atoms. The van der Waals surface area contributed by atoms with E-state index in [1.54, 1.807) is 0 Å². The summed E-state index contributed by atoms with van der Waals surface area (Å²) in [4.78, 5) is 28.8. The number of benzene rings is 1. The van der Waals surface area contributed by atoms with Crippen molar-refractivity contribution in [1.82, 2.24) is 9.55 Å². The second-order valence-corrected chi connectivity index (χ2v) is 6.99. The second-order valence-electron chi connectivity index (χ2n) is 6.00. The predicted octanol–water partition coefficient (Wildman–Crippen LogP) is 3.64. The van der Waals surface area contributed by atoms with Crippen molar-refractivity contribution in [2.75, 3.05) is 11.1 Å². The molecule has 2 aromatic rings. The molecule has 1 aliphatic rings. The highest BCUT2D eigenvalue weighted by Crippen LogP contribution is 2.34. The number of thioether (sulfide) groups is 1. The fourth-order valence-electron chi connectivity index (χ4n) is 2.78. The zero-order valence-corrected chi connectivity index (χ0v) is 15.0. The molecule has 1 N–H and O–H groups in total. The van der Waals surface area contributed by atoms with E-state index in [4.69, 9.17) is 0 Å². The maximum absolute atomic E-state index is 13.3. The summed E-state index contributed by atoms with van der Waals surface area (Å²) in [7, 11) is 0. The van der Waals surface area contributed by atoms with Crippen LogP contribution in [0.15, 0.2) is 34.2 Å². The monoisotopic (exact) mass is 401 g/mol. The number of aryl methyl sites for hydroxylation is 1. The van der Waals surface area contributed by atoms with Crippen LogP contribution in [0.4, 0.5) is 23.2 Å². The lowest BCUT2D eigenvalue weighted by molar-refractivity contribution is -0.140. The van der Waals surface area contributed by atoms with E-state index >= 15 is 0 Å². The summed E-state index contributed by atoms with van der Waals surface area (Å²) in [5, 5.41) is 2.86. The van der Waals surface area contributed by atoms with Gasteiger partial charge in [0.15, 0.2) is 5.16 Å². The number of hydrogen-bond donors (Lipinski definition) is 1. The van der Waals surface area contributed by atoms with Crippen molar-refractivity contribution in [3.05, 3.63) is 51.7 Å². The van der Waals surface area contributed by atoms with Gasteiger partial charge in [-0.05, 0) is 24.6 Å². The maximum Gasteiger partial charge on any atom is 0.419 e. The van der Waals surface area contributed by atoms with Crippen LogP contribution >= 0.6 is 11.8 Å². The van der Waals surface area contributed by atoms with Crippen molar-refractivity contribution < 1.29 is 22.4 Å². The molecule has 1 aromatic heterocycles. The molecule has 0 spiro atoms. The van der Waals surface area contributed by atoms with E-state index in [9.17, 15) is 27.2 Å². The molecule has 2 heterocycles. The Morgan fingerprint density at radius 1 is 1.37 bits per heavy atom. The van der Waals surface area contributed by atoms with E-state index in [2.05, 4.69) is 10.3 Å². The zero-order chi connectivity index (χ0) is 19.8. The molecule has 1 atom stereocenters. The highest BCUT2D eigenvalue weighted by Gasteiger charge is 2.34. The van der Waals surface area contributed by atoms with E-state index in [0.29, 0.717) is 35.2 Å². The SMILES string of the molecule is CCc1cc(=O)n2c(n1)SCC2CC(=O)Nc1ccc(F)c(C(F)(F)F)c1. The van der Waals surface area contributed by atoms with Gasteiger partial charge in [0.2, 0.25) is 5.91 Å². The van der Waals surface area contributed by atoms with Gasteiger partial charge < -0.3 is 5.32 Å². The Bertz CT molecular complexity index is 943. The number of amides is 1. The minimum atomic E-state index is -4.86. The van der Waals surface area contributed by atoms with Gasteiger partial charge in [-0.2, -0.15) is 13.2 Å². The van der Waals surface area contributed by atoms with Crippen LogP contribution in [0.25, 0.3) is 0 Å². The summed E-state index contributed by atoms with van der Waals surface area (Å²) in [6.45, 7) is 1.88. The molecule has 10 heteroatoms. The Labute approximate surface area is 155 Å². The van der Waals surface area contributed by atoms with Gasteiger partial charge in [-0.25, -0.2) is 9.37 Å². The number of rotatable bonds is 4.